The van der Waals surface area contributed by atoms with Gasteiger partial charge in [0.2, 0.25) is 0 Å². The van der Waals surface area contributed by atoms with Gasteiger partial charge in [0.25, 0.3) is 0 Å². The predicted molar refractivity (Wildman–Crippen MR) is 66.9 cm³/mol. The summed E-state index contributed by atoms with van der Waals surface area (Å²) in [5.41, 5.74) is 1.81. The van der Waals surface area contributed by atoms with E-state index in [1.165, 1.54) is 0 Å². The number of carboxylic acid groups (broad SMARTS) is 1. The molecule has 1 rings (SSSR count). The summed E-state index contributed by atoms with van der Waals surface area (Å²) in [7, 11) is 0. The molecule has 0 atom stereocenters. The fourth-order valence-electron chi connectivity index (χ4n) is 1.53. The maximum Gasteiger partial charge on any atom is 0.307 e. The highest BCUT2D eigenvalue weighted by Gasteiger charge is 2.06. The van der Waals surface area contributed by atoms with Crippen LogP contribution in [0.25, 0.3) is 0 Å². The summed E-state index contributed by atoms with van der Waals surface area (Å²) in [5.74, 6) is -0.177. The predicted octanol–water partition coefficient (Wildman–Crippen LogP) is 2.88. The minimum Gasteiger partial charge on any atom is -0.481 e. The van der Waals surface area contributed by atoms with Gasteiger partial charge < -0.3 is 9.84 Å². The van der Waals surface area contributed by atoms with Crippen molar-refractivity contribution in [3.63, 3.8) is 0 Å². The van der Waals surface area contributed by atoms with Crippen LogP contribution in [0.5, 0.6) is 0 Å². The smallest absolute Gasteiger partial charge is 0.307 e. The average molecular weight is 236 g/mol. The van der Waals surface area contributed by atoms with Gasteiger partial charge >= 0.3 is 5.97 Å². The van der Waals surface area contributed by atoms with Gasteiger partial charge in [0.15, 0.2) is 0 Å². The van der Waals surface area contributed by atoms with Crippen LogP contribution in [-0.2, 0) is 22.6 Å². The average Bonchev–Trinajstić information content (AvgIpc) is 2.25. The van der Waals surface area contributed by atoms with Crippen molar-refractivity contribution >= 4 is 5.97 Å². The summed E-state index contributed by atoms with van der Waals surface area (Å²) in [5, 5.41) is 8.79. The third kappa shape index (κ3) is 5.50. The van der Waals surface area contributed by atoms with Crippen LogP contribution in [0, 0.1) is 5.92 Å². The highest BCUT2D eigenvalue weighted by molar-refractivity contribution is 5.70. The number of hydrogen-bond acceptors (Lipinski definition) is 2. The van der Waals surface area contributed by atoms with Gasteiger partial charge in [-0.2, -0.15) is 0 Å². The monoisotopic (exact) mass is 236 g/mol. The van der Waals surface area contributed by atoms with Crippen LogP contribution in [-0.4, -0.2) is 17.7 Å². The standard InChI is InChI=1S/C14H20O3/c1-11(2)7-8-17-10-13-6-4-3-5-12(13)9-14(15)16/h3-6,11H,7-10H2,1-2H3,(H,15,16). The molecule has 0 amide bonds. The molecule has 0 saturated carbocycles. The lowest BCUT2D eigenvalue weighted by Crippen LogP contribution is -2.05. The van der Waals surface area contributed by atoms with E-state index in [2.05, 4.69) is 13.8 Å². The molecule has 0 saturated heterocycles. The first-order valence-electron chi connectivity index (χ1n) is 5.96. The Hall–Kier alpha value is -1.35. The van der Waals surface area contributed by atoms with E-state index in [4.69, 9.17) is 9.84 Å². The highest BCUT2D eigenvalue weighted by Crippen LogP contribution is 2.11. The zero-order chi connectivity index (χ0) is 12.7. The first-order valence-corrected chi connectivity index (χ1v) is 5.96. The van der Waals surface area contributed by atoms with Crippen molar-refractivity contribution in [2.75, 3.05) is 6.61 Å². The second-order valence-corrected chi connectivity index (χ2v) is 4.57. The molecule has 0 bridgehead atoms. The fraction of sp³-hybridized carbons (Fsp3) is 0.500. The molecule has 17 heavy (non-hydrogen) atoms. The lowest BCUT2D eigenvalue weighted by molar-refractivity contribution is -0.136. The third-order valence-electron chi connectivity index (χ3n) is 2.56. The van der Waals surface area contributed by atoms with E-state index < -0.39 is 5.97 Å². The van der Waals surface area contributed by atoms with Crippen molar-refractivity contribution in [2.24, 2.45) is 5.92 Å². The minimum absolute atomic E-state index is 0.0592. The van der Waals surface area contributed by atoms with E-state index in [9.17, 15) is 4.79 Å². The van der Waals surface area contributed by atoms with Gasteiger partial charge in [-0.1, -0.05) is 38.1 Å². The molecule has 0 fully saturated rings. The maximum atomic E-state index is 10.7. The van der Waals surface area contributed by atoms with Crippen molar-refractivity contribution < 1.29 is 14.6 Å². The Balaban J connectivity index is 2.49. The molecule has 0 unspecified atom stereocenters. The molecule has 0 aromatic heterocycles. The quantitative estimate of drug-likeness (QED) is 0.740. The Morgan fingerprint density at radius 2 is 1.94 bits per heavy atom. The van der Waals surface area contributed by atoms with Crippen LogP contribution >= 0.6 is 0 Å². The zero-order valence-electron chi connectivity index (χ0n) is 10.5. The van der Waals surface area contributed by atoms with Crippen molar-refractivity contribution in [1.82, 2.24) is 0 Å². The van der Waals surface area contributed by atoms with Gasteiger partial charge in [-0.15, -0.1) is 0 Å². The van der Waals surface area contributed by atoms with Gasteiger partial charge in [0.1, 0.15) is 0 Å². The molecule has 3 heteroatoms. The second-order valence-electron chi connectivity index (χ2n) is 4.57. The lowest BCUT2D eigenvalue weighted by atomic mass is 10.1. The molecule has 0 aliphatic rings. The highest BCUT2D eigenvalue weighted by atomic mass is 16.5. The summed E-state index contributed by atoms with van der Waals surface area (Å²) in [6, 6.07) is 7.53. The topological polar surface area (TPSA) is 46.5 Å². The molecule has 0 aliphatic carbocycles. The van der Waals surface area contributed by atoms with Gasteiger partial charge in [0.05, 0.1) is 13.0 Å². The Morgan fingerprint density at radius 1 is 1.29 bits per heavy atom. The van der Waals surface area contributed by atoms with Crippen LogP contribution in [0.15, 0.2) is 24.3 Å². The summed E-state index contributed by atoms with van der Waals surface area (Å²) in [6.45, 7) is 5.53. The minimum atomic E-state index is -0.806. The Bertz CT molecular complexity index is 358. The van der Waals surface area contributed by atoms with Crippen LogP contribution in [0.1, 0.15) is 31.4 Å². The molecule has 1 aromatic carbocycles. The van der Waals surface area contributed by atoms with E-state index in [0.29, 0.717) is 12.5 Å². The SMILES string of the molecule is CC(C)CCOCc1ccccc1CC(=O)O. The normalized spacial score (nSPS) is 10.8. The summed E-state index contributed by atoms with van der Waals surface area (Å²) in [4.78, 5) is 10.7. The molecular formula is C14H20O3. The van der Waals surface area contributed by atoms with E-state index in [1.54, 1.807) is 0 Å². The van der Waals surface area contributed by atoms with Gasteiger partial charge in [-0.3, -0.25) is 4.79 Å². The van der Waals surface area contributed by atoms with E-state index in [-0.39, 0.29) is 6.42 Å². The van der Waals surface area contributed by atoms with E-state index in [1.807, 2.05) is 24.3 Å². The zero-order valence-corrected chi connectivity index (χ0v) is 10.5. The maximum absolute atomic E-state index is 10.7. The number of ether oxygens (including phenoxy) is 1. The number of benzene rings is 1. The Labute approximate surface area is 102 Å². The van der Waals surface area contributed by atoms with Gasteiger partial charge in [0, 0.05) is 6.61 Å². The summed E-state index contributed by atoms with van der Waals surface area (Å²) >= 11 is 0. The Kier molecular flexibility index (Phi) is 5.70. The van der Waals surface area contributed by atoms with Crippen LogP contribution in [0.3, 0.4) is 0 Å². The van der Waals surface area contributed by atoms with Crippen LogP contribution in [0.4, 0.5) is 0 Å². The lowest BCUT2D eigenvalue weighted by Gasteiger charge is -2.09. The third-order valence-corrected chi connectivity index (χ3v) is 2.56. The molecule has 0 radical (unpaired) electrons. The number of rotatable bonds is 7. The molecular weight excluding hydrogens is 216 g/mol. The van der Waals surface area contributed by atoms with Gasteiger partial charge in [-0.05, 0) is 23.5 Å². The van der Waals surface area contributed by atoms with E-state index in [0.717, 1.165) is 24.2 Å². The molecule has 0 spiro atoms. The van der Waals surface area contributed by atoms with Crippen molar-refractivity contribution in [3.8, 4) is 0 Å². The Morgan fingerprint density at radius 3 is 2.53 bits per heavy atom. The number of aliphatic carboxylic acids is 1. The first kappa shape index (κ1) is 13.7. The molecule has 3 nitrogen and oxygen atoms in total. The molecule has 94 valence electrons. The summed E-state index contributed by atoms with van der Waals surface area (Å²) < 4.78 is 5.56. The van der Waals surface area contributed by atoms with E-state index >= 15 is 0 Å². The second kappa shape index (κ2) is 7.07. The van der Waals surface area contributed by atoms with Crippen LogP contribution < -0.4 is 0 Å². The molecule has 0 aliphatic heterocycles. The largest absolute Gasteiger partial charge is 0.481 e. The van der Waals surface area contributed by atoms with Crippen molar-refractivity contribution in [3.05, 3.63) is 35.4 Å². The number of hydrogen-bond donors (Lipinski definition) is 1. The fourth-order valence-corrected chi connectivity index (χ4v) is 1.53. The molecule has 0 heterocycles. The van der Waals surface area contributed by atoms with Crippen molar-refractivity contribution in [2.45, 2.75) is 33.3 Å². The number of carboxylic acids is 1. The first-order chi connectivity index (χ1) is 8.09. The molecule has 1 aromatic rings. The van der Waals surface area contributed by atoms with Crippen LogP contribution in [0.2, 0.25) is 0 Å². The summed E-state index contributed by atoms with van der Waals surface area (Å²) in [6.07, 6.45) is 1.09. The molecule has 1 N–H and O–H groups in total. The van der Waals surface area contributed by atoms with Gasteiger partial charge in [-0.25, -0.2) is 0 Å². The van der Waals surface area contributed by atoms with Crippen molar-refractivity contribution in [1.29, 1.82) is 0 Å². The number of carbonyl (C=O) groups is 1.